The van der Waals surface area contributed by atoms with Crippen molar-refractivity contribution in [2.24, 2.45) is 11.3 Å². The normalized spacial score (nSPS) is 29.6. The summed E-state index contributed by atoms with van der Waals surface area (Å²) in [6.07, 6.45) is 8.73. The van der Waals surface area contributed by atoms with Crippen LogP contribution in [0.2, 0.25) is 0 Å². The zero-order chi connectivity index (χ0) is 10.7. The topological polar surface area (TPSA) is 0 Å². The maximum Gasteiger partial charge on any atom is -0.0171 e. The molecule has 2 rings (SSSR count). The summed E-state index contributed by atoms with van der Waals surface area (Å²) < 4.78 is 0. The maximum atomic E-state index is 2.41. The van der Waals surface area contributed by atoms with Crippen LogP contribution in [0.15, 0.2) is 36.4 Å². The lowest BCUT2D eigenvalue weighted by Crippen LogP contribution is -1.94. The molecule has 0 heteroatoms. The van der Waals surface area contributed by atoms with Crippen LogP contribution in [0.4, 0.5) is 0 Å². The third-order valence-corrected chi connectivity index (χ3v) is 3.56. The van der Waals surface area contributed by atoms with Crippen molar-refractivity contribution >= 4 is 6.08 Å². The molecule has 0 aromatic heterocycles. The van der Waals surface area contributed by atoms with Crippen molar-refractivity contribution in [2.75, 3.05) is 0 Å². The quantitative estimate of drug-likeness (QED) is 0.670. The van der Waals surface area contributed by atoms with E-state index in [2.05, 4.69) is 56.3 Å². The number of allylic oxidation sites excluding steroid dienone is 1. The van der Waals surface area contributed by atoms with Gasteiger partial charge in [0.15, 0.2) is 0 Å². The van der Waals surface area contributed by atoms with E-state index in [0.29, 0.717) is 5.41 Å². The van der Waals surface area contributed by atoms with Gasteiger partial charge < -0.3 is 0 Å². The molecule has 0 spiro atoms. The zero-order valence-electron chi connectivity index (χ0n) is 9.74. The van der Waals surface area contributed by atoms with Crippen LogP contribution in [0.25, 0.3) is 6.08 Å². The zero-order valence-corrected chi connectivity index (χ0v) is 9.74. The SMILES string of the molecule is CCC[C@]1(C)C[C@@H]1/C=C/c1ccccc1. The molecule has 0 heterocycles. The Kier molecular flexibility index (Phi) is 2.95. The average molecular weight is 200 g/mol. The van der Waals surface area contributed by atoms with Crippen LogP contribution >= 0.6 is 0 Å². The van der Waals surface area contributed by atoms with E-state index in [1.54, 1.807) is 0 Å². The molecule has 0 N–H and O–H groups in total. The lowest BCUT2D eigenvalue weighted by Gasteiger charge is -2.05. The highest BCUT2D eigenvalue weighted by atomic mass is 14.5. The largest absolute Gasteiger partial charge is 0.0803 e. The maximum absolute atomic E-state index is 2.41. The highest BCUT2D eigenvalue weighted by Gasteiger charge is 2.46. The molecular formula is C15H20. The van der Waals surface area contributed by atoms with Crippen LogP contribution in [0.1, 0.15) is 38.7 Å². The molecule has 1 fully saturated rings. The lowest BCUT2D eigenvalue weighted by molar-refractivity contribution is 0.483. The Morgan fingerprint density at radius 1 is 1.33 bits per heavy atom. The molecule has 80 valence electrons. The average Bonchev–Trinajstić information content (AvgIpc) is 2.88. The number of hydrogen-bond donors (Lipinski definition) is 0. The second-order valence-electron chi connectivity index (χ2n) is 4.98. The van der Waals surface area contributed by atoms with Gasteiger partial charge in [-0.05, 0) is 29.7 Å². The summed E-state index contributed by atoms with van der Waals surface area (Å²) in [5, 5.41) is 0. The van der Waals surface area contributed by atoms with Crippen molar-refractivity contribution in [1.29, 1.82) is 0 Å². The molecule has 1 aliphatic carbocycles. The highest BCUT2D eigenvalue weighted by molar-refractivity contribution is 5.49. The fourth-order valence-electron chi connectivity index (χ4n) is 2.39. The Bertz CT molecular complexity index is 336. The Hall–Kier alpha value is -1.04. The second kappa shape index (κ2) is 4.22. The van der Waals surface area contributed by atoms with Gasteiger partial charge in [0.1, 0.15) is 0 Å². The first kappa shape index (κ1) is 10.5. The van der Waals surface area contributed by atoms with Crippen molar-refractivity contribution in [3.8, 4) is 0 Å². The second-order valence-corrected chi connectivity index (χ2v) is 4.98. The van der Waals surface area contributed by atoms with Crippen LogP contribution in [0, 0.1) is 11.3 Å². The first-order chi connectivity index (χ1) is 7.24. The summed E-state index contributed by atoms with van der Waals surface area (Å²) in [5.41, 5.74) is 1.93. The molecule has 0 unspecified atom stereocenters. The monoisotopic (exact) mass is 200 g/mol. The third-order valence-electron chi connectivity index (χ3n) is 3.56. The molecule has 1 aliphatic rings. The van der Waals surface area contributed by atoms with Gasteiger partial charge in [0.25, 0.3) is 0 Å². The molecular weight excluding hydrogens is 180 g/mol. The number of rotatable bonds is 4. The van der Waals surface area contributed by atoms with E-state index in [9.17, 15) is 0 Å². The van der Waals surface area contributed by atoms with Crippen LogP contribution in [-0.4, -0.2) is 0 Å². The molecule has 0 radical (unpaired) electrons. The van der Waals surface area contributed by atoms with Gasteiger partial charge >= 0.3 is 0 Å². The molecule has 2 atom stereocenters. The van der Waals surface area contributed by atoms with Gasteiger partial charge in [0.05, 0.1) is 0 Å². The van der Waals surface area contributed by atoms with Crippen molar-refractivity contribution < 1.29 is 0 Å². The number of benzene rings is 1. The first-order valence-corrected chi connectivity index (χ1v) is 5.98. The summed E-state index contributed by atoms with van der Waals surface area (Å²) in [5.74, 6) is 0.817. The Labute approximate surface area is 93.0 Å². The van der Waals surface area contributed by atoms with Gasteiger partial charge in [-0.25, -0.2) is 0 Å². The minimum atomic E-state index is 0.611. The molecule has 0 aliphatic heterocycles. The fourth-order valence-corrected chi connectivity index (χ4v) is 2.39. The van der Waals surface area contributed by atoms with Gasteiger partial charge in [-0.2, -0.15) is 0 Å². The van der Waals surface area contributed by atoms with Gasteiger partial charge in [-0.3, -0.25) is 0 Å². The first-order valence-electron chi connectivity index (χ1n) is 5.98. The van der Waals surface area contributed by atoms with Crippen LogP contribution in [0.5, 0.6) is 0 Å². The van der Waals surface area contributed by atoms with E-state index in [4.69, 9.17) is 0 Å². The van der Waals surface area contributed by atoms with E-state index >= 15 is 0 Å². The summed E-state index contributed by atoms with van der Waals surface area (Å²) in [7, 11) is 0. The fraction of sp³-hybridized carbons (Fsp3) is 0.467. The number of hydrogen-bond acceptors (Lipinski definition) is 0. The Balaban J connectivity index is 1.92. The van der Waals surface area contributed by atoms with E-state index in [-0.39, 0.29) is 0 Å². The van der Waals surface area contributed by atoms with E-state index in [0.717, 1.165) is 5.92 Å². The van der Waals surface area contributed by atoms with Gasteiger partial charge in [0, 0.05) is 0 Å². The Morgan fingerprint density at radius 3 is 2.73 bits per heavy atom. The van der Waals surface area contributed by atoms with Crippen molar-refractivity contribution in [3.05, 3.63) is 42.0 Å². The summed E-state index contributed by atoms with van der Waals surface area (Å²) in [6, 6.07) is 10.6. The van der Waals surface area contributed by atoms with E-state index in [1.165, 1.54) is 24.8 Å². The van der Waals surface area contributed by atoms with Gasteiger partial charge in [-0.15, -0.1) is 0 Å². The molecule has 0 saturated heterocycles. The molecule has 0 bridgehead atoms. The van der Waals surface area contributed by atoms with Gasteiger partial charge in [-0.1, -0.05) is 62.8 Å². The summed E-state index contributed by atoms with van der Waals surface area (Å²) >= 11 is 0. The minimum absolute atomic E-state index is 0.611. The highest BCUT2D eigenvalue weighted by Crippen LogP contribution is 2.56. The predicted molar refractivity (Wildman–Crippen MR) is 66.6 cm³/mol. The van der Waals surface area contributed by atoms with E-state index in [1.807, 2.05) is 0 Å². The van der Waals surface area contributed by atoms with Crippen LogP contribution in [0.3, 0.4) is 0 Å². The molecule has 0 amide bonds. The molecule has 1 saturated carbocycles. The minimum Gasteiger partial charge on any atom is -0.0803 e. The molecule has 15 heavy (non-hydrogen) atoms. The smallest absolute Gasteiger partial charge is 0.0171 e. The van der Waals surface area contributed by atoms with Crippen molar-refractivity contribution in [1.82, 2.24) is 0 Å². The van der Waals surface area contributed by atoms with Crippen molar-refractivity contribution in [2.45, 2.75) is 33.1 Å². The Morgan fingerprint density at radius 2 is 2.07 bits per heavy atom. The van der Waals surface area contributed by atoms with E-state index < -0.39 is 0 Å². The van der Waals surface area contributed by atoms with Crippen molar-refractivity contribution in [3.63, 3.8) is 0 Å². The summed E-state index contributed by atoms with van der Waals surface area (Å²) in [4.78, 5) is 0. The summed E-state index contributed by atoms with van der Waals surface area (Å²) in [6.45, 7) is 4.69. The van der Waals surface area contributed by atoms with Crippen LogP contribution < -0.4 is 0 Å². The molecule has 0 nitrogen and oxygen atoms in total. The molecule has 1 aromatic rings. The third kappa shape index (κ3) is 2.50. The molecule has 1 aromatic carbocycles. The predicted octanol–water partition coefficient (Wildman–Crippen LogP) is 4.53. The standard InChI is InChI=1S/C15H20/c1-3-11-15(2)12-14(15)10-9-13-7-5-4-6-8-13/h4-10,14H,3,11-12H2,1-2H3/b10-9+/t14-,15+/m0/s1. The van der Waals surface area contributed by atoms with Crippen LogP contribution in [-0.2, 0) is 0 Å². The lowest BCUT2D eigenvalue weighted by atomic mass is 10.00. The van der Waals surface area contributed by atoms with Gasteiger partial charge in [0.2, 0.25) is 0 Å².